The first-order valence-electron chi connectivity index (χ1n) is 15.2. The highest BCUT2D eigenvalue weighted by atomic mass is 35.5. The van der Waals surface area contributed by atoms with Gasteiger partial charge in [-0.05, 0) is 37.6 Å². The lowest BCUT2D eigenvalue weighted by Gasteiger charge is -2.35. The highest BCUT2D eigenvalue weighted by molar-refractivity contribution is 7.22. The molecule has 3 aliphatic rings. The number of piperazine rings is 1. The second-order valence-corrected chi connectivity index (χ2v) is 13.5. The van der Waals surface area contributed by atoms with Crippen molar-refractivity contribution < 1.29 is 22.7 Å². The van der Waals surface area contributed by atoms with Crippen LogP contribution in [0.3, 0.4) is 0 Å². The van der Waals surface area contributed by atoms with Gasteiger partial charge in [0.25, 0.3) is 0 Å². The first-order valence-corrected chi connectivity index (χ1v) is 16.4. The number of hydrogen-bond donors (Lipinski definition) is 1. The molecule has 6 heterocycles. The van der Waals surface area contributed by atoms with Crippen LogP contribution in [-0.2, 0) is 0 Å². The van der Waals surface area contributed by atoms with Gasteiger partial charge in [0, 0.05) is 55.7 Å². The van der Waals surface area contributed by atoms with Crippen molar-refractivity contribution in [3.8, 4) is 17.1 Å². The third kappa shape index (κ3) is 5.09. The van der Waals surface area contributed by atoms with Gasteiger partial charge < -0.3 is 20.3 Å². The summed E-state index contributed by atoms with van der Waals surface area (Å²) in [4.78, 5) is 35.9. The van der Waals surface area contributed by atoms with E-state index in [2.05, 4.69) is 25.0 Å². The topological polar surface area (TPSA) is 131 Å². The summed E-state index contributed by atoms with van der Waals surface area (Å²) in [6.07, 6.45) is 3.74. The predicted octanol–water partition coefficient (Wildman–Crippen LogP) is 4.76. The van der Waals surface area contributed by atoms with E-state index in [-0.39, 0.29) is 55.7 Å². The van der Waals surface area contributed by atoms with Crippen LogP contribution in [0.4, 0.5) is 28.9 Å². The summed E-state index contributed by atoms with van der Waals surface area (Å²) >= 11 is 7.74. The van der Waals surface area contributed by atoms with E-state index in [0.29, 0.717) is 50.3 Å². The fourth-order valence-electron chi connectivity index (χ4n) is 7.12. The normalized spacial score (nSPS) is 21.7. The number of carbonyl (C=O) groups is 1. The second-order valence-electron chi connectivity index (χ2n) is 12.1. The van der Waals surface area contributed by atoms with Gasteiger partial charge in [-0.3, -0.25) is 4.90 Å². The van der Waals surface area contributed by atoms with Gasteiger partial charge in [-0.25, -0.2) is 27.9 Å². The minimum Gasteiger partial charge on any atom is -0.461 e. The number of hydrogen-bond acceptors (Lipinski definition) is 11. The summed E-state index contributed by atoms with van der Waals surface area (Å²) in [5.41, 5.74) is 5.81. The lowest BCUT2D eigenvalue weighted by Crippen LogP contribution is -2.50. The number of rotatable bonds is 5. The quantitative estimate of drug-likeness (QED) is 0.277. The molecule has 3 aliphatic heterocycles. The number of aromatic nitrogens is 6. The number of halogens is 4. The zero-order valence-corrected chi connectivity index (χ0v) is 26.4. The van der Waals surface area contributed by atoms with Crippen LogP contribution in [0.1, 0.15) is 19.3 Å². The number of nitrogen functional groups attached to an aromatic ring is 1. The van der Waals surface area contributed by atoms with Gasteiger partial charge in [0.15, 0.2) is 10.9 Å². The first-order chi connectivity index (χ1) is 22.7. The summed E-state index contributed by atoms with van der Waals surface area (Å²) < 4.78 is 53.4. The Balaban J connectivity index is 1.20. The summed E-state index contributed by atoms with van der Waals surface area (Å²) in [6, 6.07) is 3.84. The molecule has 0 spiro atoms. The van der Waals surface area contributed by atoms with Gasteiger partial charge in [-0.2, -0.15) is 19.7 Å². The minimum absolute atomic E-state index is 0.00931. The molecule has 0 bridgehead atoms. The van der Waals surface area contributed by atoms with Gasteiger partial charge in [0.1, 0.15) is 42.6 Å². The van der Waals surface area contributed by atoms with Gasteiger partial charge >= 0.3 is 12.0 Å². The van der Waals surface area contributed by atoms with Gasteiger partial charge in [0.05, 0.1) is 20.8 Å². The van der Waals surface area contributed by atoms with Crippen molar-refractivity contribution in [1.29, 1.82) is 0 Å². The number of carbonyl (C=O) groups excluding carboxylic acids is 1. The molecular formula is C30H28ClF3N10O2S. The Morgan fingerprint density at radius 2 is 1.96 bits per heavy atom. The molecule has 8 rings (SSSR count). The van der Waals surface area contributed by atoms with E-state index in [1.54, 1.807) is 11.0 Å². The number of benzene rings is 2. The number of nitrogens with two attached hydrogens (primary N) is 1. The second kappa shape index (κ2) is 11.5. The van der Waals surface area contributed by atoms with Gasteiger partial charge in [-0.1, -0.05) is 22.9 Å². The fraction of sp³-hybridized carbons (Fsp3) is 0.400. The monoisotopic (exact) mass is 684 g/mol. The molecule has 5 aromatic rings. The Bertz CT molecular complexity index is 2020. The van der Waals surface area contributed by atoms with Crippen molar-refractivity contribution in [3.05, 3.63) is 47.5 Å². The standard InChI is InChI=1S/C30H28ClF3N10O2S/c31-19-10-18-23(22(34)21(19)17-2-3-20(33)25-24(17)38-27(35)47-25)39-28(46-13-30-4-1-5-43(30)12-16(32)11-30)40-26(18)41-6-8-42(9-7-41)29(45)44-15-36-14-37-44/h2-3,10,14-16H,1,4-9,11-13H2,(H2,35,38)/t16-,30+/m1/s1. The number of alkyl halides is 1. The molecule has 2 aromatic carbocycles. The molecule has 3 fully saturated rings. The van der Waals surface area contributed by atoms with Gasteiger partial charge in [-0.15, -0.1) is 0 Å². The highest BCUT2D eigenvalue weighted by Gasteiger charge is 2.49. The molecule has 2 N–H and O–H groups in total. The van der Waals surface area contributed by atoms with Crippen LogP contribution in [0, 0.1) is 11.6 Å². The van der Waals surface area contributed by atoms with Crippen molar-refractivity contribution in [2.24, 2.45) is 0 Å². The molecule has 0 aliphatic carbocycles. The number of thiazole rings is 1. The van der Waals surface area contributed by atoms with E-state index in [1.165, 1.54) is 24.8 Å². The van der Waals surface area contributed by atoms with E-state index in [9.17, 15) is 13.6 Å². The van der Waals surface area contributed by atoms with Gasteiger partial charge in [0.2, 0.25) is 0 Å². The van der Waals surface area contributed by atoms with Crippen LogP contribution < -0.4 is 15.4 Å². The van der Waals surface area contributed by atoms with Crippen LogP contribution in [0.25, 0.3) is 32.2 Å². The number of nitrogens with zero attached hydrogens (tertiary/aromatic N) is 9. The molecule has 47 heavy (non-hydrogen) atoms. The van der Waals surface area contributed by atoms with E-state index in [4.69, 9.17) is 27.1 Å². The number of fused-ring (bicyclic) bond motifs is 3. The van der Waals surface area contributed by atoms with Crippen LogP contribution >= 0.6 is 22.9 Å². The third-order valence-corrected chi connectivity index (χ3v) is 10.5. The molecular weight excluding hydrogens is 657 g/mol. The molecule has 244 valence electrons. The molecule has 12 nitrogen and oxygen atoms in total. The lowest BCUT2D eigenvalue weighted by molar-refractivity contribution is 0.107. The average Bonchev–Trinajstić information content (AvgIpc) is 3.86. The maximum Gasteiger partial charge on any atom is 0.346 e. The van der Waals surface area contributed by atoms with E-state index in [1.807, 2.05) is 4.90 Å². The molecule has 0 saturated carbocycles. The zero-order valence-electron chi connectivity index (χ0n) is 24.9. The van der Waals surface area contributed by atoms with E-state index in [0.717, 1.165) is 35.4 Å². The van der Waals surface area contributed by atoms with Crippen LogP contribution in [-0.4, -0.2) is 103 Å². The van der Waals surface area contributed by atoms with Crippen molar-refractivity contribution in [3.63, 3.8) is 0 Å². The Kier molecular flexibility index (Phi) is 7.33. The molecule has 0 unspecified atom stereocenters. The number of amides is 1. The minimum atomic E-state index is -0.946. The Morgan fingerprint density at radius 3 is 2.74 bits per heavy atom. The highest BCUT2D eigenvalue weighted by Crippen LogP contribution is 2.44. The SMILES string of the molecule is Nc1nc2c(-c3c(Cl)cc4c(N5CCN(C(=O)n6cncn6)CC5)nc(OC[C@@]56CCCN5C[C@H](F)C6)nc4c3F)ccc(F)c2s1. The Labute approximate surface area is 274 Å². The summed E-state index contributed by atoms with van der Waals surface area (Å²) in [5, 5.41) is 4.44. The molecule has 1 amide bonds. The summed E-state index contributed by atoms with van der Waals surface area (Å²) in [6.45, 7) is 2.70. The zero-order chi connectivity index (χ0) is 32.4. The van der Waals surface area contributed by atoms with E-state index < -0.39 is 23.3 Å². The fourth-order valence-corrected chi connectivity index (χ4v) is 8.17. The summed E-state index contributed by atoms with van der Waals surface area (Å²) in [5.74, 6) is -0.909. The van der Waals surface area contributed by atoms with Crippen LogP contribution in [0.5, 0.6) is 6.01 Å². The molecule has 2 atom stereocenters. The van der Waals surface area contributed by atoms with Crippen molar-refractivity contribution >= 4 is 61.0 Å². The number of anilines is 2. The predicted molar refractivity (Wildman–Crippen MR) is 171 cm³/mol. The lowest BCUT2D eigenvalue weighted by atomic mass is 9.95. The largest absolute Gasteiger partial charge is 0.461 e. The molecule has 3 saturated heterocycles. The first kappa shape index (κ1) is 30.1. The smallest absolute Gasteiger partial charge is 0.346 e. The van der Waals surface area contributed by atoms with Crippen LogP contribution in [0.15, 0.2) is 30.9 Å². The maximum absolute atomic E-state index is 16.8. The van der Waals surface area contributed by atoms with Crippen LogP contribution in [0.2, 0.25) is 5.02 Å². The average molecular weight is 685 g/mol. The third-order valence-electron chi connectivity index (χ3n) is 9.32. The van der Waals surface area contributed by atoms with Crippen molar-refractivity contribution in [1.82, 2.24) is 39.5 Å². The molecule has 0 radical (unpaired) electrons. The molecule has 3 aromatic heterocycles. The maximum atomic E-state index is 16.8. The summed E-state index contributed by atoms with van der Waals surface area (Å²) in [7, 11) is 0. The Hall–Kier alpha value is -4.28. The van der Waals surface area contributed by atoms with Crippen molar-refractivity contribution in [2.75, 3.05) is 56.5 Å². The number of ether oxygens (including phenoxy) is 1. The van der Waals surface area contributed by atoms with E-state index >= 15 is 4.39 Å². The Morgan fingerprint density at radius 1 is 1.13 bits per heavy atom. The van der Waals surface area contributed by atoms with Crippen molar-refractivity contribution in [2.45, 2.75) is 31.0 Å². The molecule has 17 heteroatoms.